The van der Waals surface area contributed by atoms with E-state index >= 15 is 0 Å². The van der Waals surface area contributed by atoms with E-state index in [9.17, 15) is 4.79 Å². The van der Waals surface area contributed by atoms with Crippen molar-refractivity contribution in [2.45, 2.75) is 51.9 Å². The predicted molar refractivity (Wildman–Crippen MR) is 162 cm³/mol. The fourth-order valence-corrected chi connectivity index (χ4v) is 5.43. The number of halogens is 1. The summed E-state index contributed by atoms with van der Waals surface area (Å²) in [5.74, 6) is 2.08. The number of rotatable bonds is 9. The molecule has 1 unspecified atom stereocenters. The minimum Gasteiger partial charge on any atom is -0.489 e. The Hall–Kier alpha value is -3.75. The van der Waals surface area contributed by atoms with Crippen molar-refractivity contribution in [3.8, 4) is 5.75 Å². The normalized spacial score (nSPS) is 14.5. The molecule has 0 fully saturated rings. The number of fused-ring (bicyclic) bond motifs is 1. The van der Waals surface area contributed by atoms with E-state index in [1.165, 1.54) is 0 Å². The summed E-state index contributed by atoms with van der Waals surface area (Å²) in [4.78, 5) is 18.5. The second kappa shape index (κ2) is 12.2. The molecular formula is C31H32ClN5O2S. The summed E-state index contributed by atoms with van der Waals surface area (Å²) >= 11 is 7.60. The molecule has 9 heteroatoms. The second-order valence-corrected chi connectivity index (χ2v) is 11.3. The van der Waals surface area contributed by atoms with Gasteiger partial charge < -0.3 is 15.4 Å². The van der Waals surface area contributed by atoms with Crippen LogP contribution in [0.3, 0.4) is 0 Å². The van der Waals surface area contributed by atoms with Gasteiger partial charge in [0, 0.05) is 22.2 Å². The van der Waals surface area contributed by atoms with Crippen molar-refractivity contribution in [1.29, 1.82) is 0 Å². The smallest absolute Gasteiger partial charge is 0.255 e. The van der Waals surface area contributed by atoms with Crippen molar-refractivity contribution in [2.75, 3.05) is 16.4 Å². The molecule has 1 aromatic heterocycles. The van der Waals surface area contributed by atoms with E-state index < -0.39 is 6.04 Å². The summed E-state index contributed by atoms with van der Waals surface area (Å²) < 4.78 is 7.82. The highest BCUT2D eigenvalue weighted by Gasteiger charge is 2.34. The molecule has 0 aliphatic carbocycles. The highest BCUT2D eigenvalue weighted by Crippen LogP contribution is 2.37. The molecule has 2 N–H and O–H groups in total. The number of thioether (sulfide) groups is 1. The lowest BCUT2D eigenvalue weighted by Crippen LogP contribution is -2.31. The fraction of sp³-hybridized carbons (Fsp3) is 0.258. The molecule has 7 nitrogen and oxygen atoms in total. The lowest BCUT2D eigenvalue weighted by atomic mass is 9.94. The van der Waals surface area contributed by atoms with Gasteiger partial charge in [0.15, 0.2) is 0 Å². The van der Waals surface area contributed by atoms with Crippen LogP contribution in [0, 0.1) is 13.8 Å². The SMILES string of the molecule is CCCSc1nc2n(n1)C(c1ccc(OCc3ccc(Cl)cc3)cc1)C(C(=O)Nc1ccc(C)cc1C)=C(C)N2. The summed E-state index contributed by atoms with van der Waals surface area (Å²) in [5, 5.41) is 12.6. The average molecular weight is 574 g/mol. The third-order valence-electron chi connectivity index (χ3n) is 6.66. The van der Waals surface area contributed by atoms with E-state index in [4.69, 9.17) is 26.4 Å². The molecule has 1 aliphatic heterocycles. The Balaban J connectivity index is 1.45. The molecule has 3 aromatic carbocycles. The van der Waals surface area contributed by atoms with E-state index in [1.807, 2.05) is 86.1 Å². The number of aryl methyl sites for hydroxylation is 2. The maximum Gasteiger partial charge on any atom is 0.255 e. The second-order valence-electron chi connectivity index (χ2n) is 9.83. The van der Waals surface area contributed by atoms with Crippen molar-refractivity contribution in [3.05, 3.63) is 105 Å². The summed E-state index contributed by atoms with van der Waals surface area (Å²) in [6, 6.07) is 20.9. The van der Waals surface area contributed by atoms with E-state index in [0.717, 1.165) is 51.6 Å². The topological polar surface area (TPSA) is 81.1 Å². The lowest BCUT2D eigenvalue weighted by Gasteiger charge is -2.29. The Morgan fingerprint density at radius 3 is 2.52 bits per heavy atom. The molecule has 1 amide bonds. The Morgan fingerprint density at radius 2 is 1.82 bits per heavy atom. The van der Waals surface area contributed by atoms with Crippen LogP contribution in [-0.4, -0.2) is 26.4 Å². The number of amides is 1. The molecule has 206 valence electrons. The molecule has 4 aromatic rings. The average Bonchev–Trinajstić information content (AvgIpc) is 3.35. The highest BCUT2D eigenvalue weighted by atomic mass is 35.5. The van der Waals surface area contributed by atoms with Gasteiger partial charge in [0.1, 0.15) is 18.4 Å². The van der Waals surface area contributed by atoms with Crippen LogP contribution in [0.2, 0.25) is 5.02 Å². The summed E-state index contributed by atoms with van der Waals surface area (Å²) in [6.07, 6.45) is 1.02. The van der Waals surface area contributed by atoms with Gasteiger partial charge in [0.2, 0.25) is 11.1 Å². The monoisotopic (exact) mass is 573 g/mol. The zero-order chi connectivity index (χ0) is 28.2. The van der Waals surface area contributed by atoms with Crippen molar-refractivity contribution >= 4 is 40.9 Å². The van der Waals surface area contributed by atoms with Crippen LogP contribution in [0.15, 0.2) is 83.2 Å². The van der Waals surface area contributed by atoms with Crippen LogP contribution in [0.5, 0.6) is 5.75 Å². The predicted octanol–water partition coefficient (Wildman–Crippen LogP) is 7.56. The molecule has 40 heavy (non-hydrogen) atoms. The quantitative estimate of drug-likeness (QED) is 0.201. The molecule has 1 atom stereocenters. The molecule has 0 spiro atoms. The number of nitrogens with one attached hydrogen (secondary N) is 2. The van der Waals surface area contributed by atoms with E-state index in [1.54, 1.807) is 11.8 Å². The maximum absolute atomic E-state index is 13.8. The van der Waals surface area contributed by atoms with Crippen LogP contribution < -0.4 is 15.4 Å². The van der Waals surface area contributed by atoms with Crippen LogP contribution in [0.4, 0.5) is 11.6 Å². The number of carbonyl (C=O) groups is 1. The lowest BCUT2D eigenvalue weighted by molar-refractivity contribution is -0.113. The third-order valence-corrected chi connectivity index (χ3v) is 7.95. The fourth-order valence-electron chi connectivity index (χ4n) is 4.63. The summed E-state index contributed by atoms with van der Waals surface area (Å²) in [5.41, 5.74) is 6.19. The highest BCUT2D eigenvalue weighted by molar-refractivity contribution is 7.99. The molecule has 0 bridgehead atoms. The zero-order valence-corrected chi connectivity index (χ0v) is 24.6. The number of anilines is 2. The van der Waals surface area contributed by atoms with Gasteiger partial charge in [-0.2, -0.15) is 4.98 Å². The van der Waals surface area contributed by atoms with Gasteiger partial charge in [-0.15, -0.1) is 5.10 Å². The Kier molecular flexibility index (Phi) is 8.47. The van der Waals surface area contributed by atoms with Gasteiger partial charge in [-0.3, -0.25) is 4.79 Å². The van der Waals surface area contributed by atoms with Gasteiger partial charge in [0.05, 0.1) is 5.57 Å². The van der Waals surface area contributed by atoms with Gasteiger partial charge >= 0.3 is 0 Å². The molecule has 0 saturated heterocycles. The van der Waals surface area contributed by atoms with Crippen molar-refractivity contribution in [2.24, 2.45) is 0 Å². The minimum atomic E-state index is -0.462. The molecule has 5 rings (SSSR count). The summed E-state index contributed by atoms with van der Waals surface area (Å²) in [7, 11) is 0. The van der Waals surface area contributed by atoms with Crippen molar-refractivity contribution < 1.29 is 9.53 Å². The Morgan fingerprint density at radius 1 is 1.07 bits per heavy atom. The van der Waals surface area contributed by atoms with Crippen molar-refractivity contribution in [1.82, 2.24) is 14.8 Å². The van der Waals surface area contributed by atoms with E-state index in [-0.39, 0.29) is 5.91 Å². The number of ether oxygens (including phenoxy) is 1. The van der Waals surface area contributed by atoms with Crippen LogP contribution in [0.1, 0.15) is 48.6 Å². The number of benzene rings is 3. The molecule has 1 aliphatic rings. The molecule has 0 saturated carbocycles. The van der Waals surface area contributed by atoms with Gasteiger partial charge in [-0.25, -0.2) is 4.68 Å². The van der Waals surface area contributed by atoms with Crippen LogP contribution >= 0.6 is 23.4 Å². The standard InChI is InChI=1S/C31H32ClN5O2S/c1-5-16-40-31-35-30-33-21(4)27(29(38)34-26-15-6-19(2)17-20(26)3)28(37(30)36-31)23-9-13-25(14-10-23)39-18-22-7-11-24(32)12-8-22/h6-15,17,28H,5,16,18H2,1-4H3,(H,34,38)(H,33,35,36). The van der Waals surface area contributed by atoms with Crippen molar-refractivity contribution in [3.63, 3.8) is 0 Å². The number of hydrogen-bond donors (Lipinski definition) is 2. The summed E-state index contributed by atoms with van der Waals surface area (Å²) in [6.45, 7) is 8.50. The minimum absolute atomic E-state index is 0.186. The number of carbonyl (C=O) groups excluding carboxylic acids is 1. The van der Waals surface area contributed by atoms with Gasteiger partial charge in [-0.05, 0) is 74.2 Å². The Labute approximate surface area is 244 Å². The first-order valence-corrected chi connectivity index (χ1v) is 14.6. The molecule has 0 radical (unpaired) electrons. The molecular weight excluding hydrogens is 542 g/mol. The van der Waals surface area contributed by atoms with Crippen LogP contribution in [0.25, 0.3) is 0 Å². The number of aromatic nitrogens is 3. The molecule has 2 heterocycles. The van der Waals surface area contributed by atoms with Gasteiger partial charge in [0.25, 0.3) is 5.91 Å². The van der Waals surface area contributed by atoms with E-state index in [2.05, 4.69) is 23.6 Å². The van der Waals surface area contributed by atoms with E-state index in [0.29, 0.717) is 28.3 Å². The zero-order valence-electron chi connectivity index (χ0n) is 23.0. The largest absolute Gasteiger partial charge is 0.489 e. The first-order chi connectivity index (χ1) is 19.3. The number of allylic oxidation sites excluding steroid dienone is 1. The van der Waals surface area contributed by atoms with Crippen LogP contribution in [-0.2, 0) is 11.4 Å². The van der Waals surface area contributed by atoms with Gasteiger partial charge in [-0.1, -0.05) is 72.2 Å². The first-order valence-electron chi connectivity index (χ1n) is 13.3. The third kappa shape index (κ3) is 6.18. The first kappa shape index (κ1) is 27.8. The Bertz CT molecular complexity index is 1550. The number of hydrogen-bond acceptors (Lipinski definition) is 6. The maximum atomic E-state index is 13.8. The number of nitrogens with zero attached hydrogens (tertiary/aromatic N) is 3.